The van der Waals surface area contributed by atoms with Crippen molar-refractivity contribution in [3.05, 3.63) is 29.6 Å². The average Bonchev–Trinajstić information content (AvgIpc) is 2.04. The Balaban J connectivity index is 2.92. The molecule has 13 heavy (non-hydrogen) atoms. The van der Waals surface area contributed by atoms with Gasteiger partial charge in [-0.1, -0.05) is 6.07 Å². The molecule has 1 aromatic carbocycles. The van der Waals surface area contributed by atoms with E-state index in [1.54, 1.807) is 31.1 Å². The maximum atomic E-state index is 13.3. The van der Waals surface area contributed by atoms with Crippen molar-refractivity contribution >= 4 is 5.69 Å². The Bertz CT molecular complexity index is 289. The van der Waals surface area contributed by atoms with E-state index < -0.39 is 0 Å². The number of rotatable bonds is 3. The second-order valence-corrected chi connectivity index (χ2v) is 3.02. The molecule has 0 spiro atoms. The molecule has 1 rings (SSSR count). The Morgan fingerprint density at radius 3 is 2.62 bits per heavy atom. The first-order valence-electron chi connectivity index (χ1n) is 3.98. The quantitative estimate of drug-likeness (QED) is 0.696. The second-order valence-electron chi connectivity index (χ2n) is 3.02. The van der Waals surface area contributed by atoms with Gasteiger partial charge in [-0.2, -0.15) is 0 Å². The molecule has 0 amide bonds. The van der Waals surface area contributed by atoms with Gasteiger partial charge in [0.05, 0.1) is 5.69 Å². The molecule has 0 radical (unpaired) electrons. The van der Waals surface area contributed by atoms with E-state index in [1.807, 2.05) is 5.48 Å². The van der Waals surface area contributed by atoms with E-state index in [9.17, 15) is 4.39 Å². The standard InChI is InChI=1S/C9H13FN2O/c1-12(2)9-4-3-7(6-11-13)5-8(9)10/h3-5,11,13H,6H2,1-2H3. The molecule has 0 fully saturated rings. The summed E-state index contributed by atoms with van der Waals surface area (Å²) < 4.78 is 13.3. The van der Waals surface area contributed by atoms with E-state index in [0.717, 1.165) is 0 Å². The lowest BCUT2D eigenvalue weighted by Crippen LogP contribution is -2.12. The van der Waals surface area contributed by atoms with Gasteiger partial charge >= 0.3 is 0 Å². The normalized spacial score (nSPS) is 10.2. The Hall–Kier alpha value is -1.13. The van der Waals surface area contributed by atoms with Crippen molar-refractivity contribution < 1.29 is 9.60 Å². The highest BCUT2D eigenvalue weighted by molar-refractivity contribution is 5.47. The lowest BCUT2D eigenvalue weighted by Gasteiger charge is -2.13. The first-order chi connectivity index (χ1) is 6.15. The van der Waals surface area contributed by atoms with Gasteiger partial charge in [0.15, 0.2) is 0 Å². The smallest absolute Gasteiger partial charge is 0.146 e. The second kappa shape index (κ2) is 4.20. The largest absolute Gasteiger partial charge is 0.375 e. The highest BCUT2D eigenvalue weighted by Crippen LogP contribution is 2.17. The maximum Gasteiger partial charge on any atom is 0.146 e. The predicted molar refractivity (Wildman–Crippen MR) is 49.4 cm³/mol. The molecule has 4 heteroatoms. The van der Waals surface area contributed by atoms with Crippen LogP contribution < -0.4 is 10.4 Å². The van der Waals surface area contributed by atoms with Gasteiger partial charge in [-0.3, -0.25) is 0 Å². The fourth-order valence-corrected chi connectivity index (χ4v) is 1.11. The van der Waals surface area contributed by atoms with Gasteiger partial charge in [0.2, 0.25) is 0 Å². The van der Waals surface area contributed by atoms with Crippen molar-refractivity contribution in [2.45, 2.75) is 6.54 Å². The molecule has 0 bridgehead atoms. The van der Waals surface area contributed by atoms with E-state index in [-0.39, 0.29) is 12.4 Å². The van der Waals surface area contributed by atoms with Crippen LogP contribution in [0.2, 0.25) is 0 Å². The Kier molecular flexibility index (Phi) is 3.22. The van der Waals surface area contributed by atoms with E-state index in [1.165, 1.54) is 6.07 Å². The number of halogens is 1. The minimum atomic E-state index is -0.280. The summed E-state index contributed by atoms with van der Waals surface area (Å²) in [4.78, 5) is 1.70. The number of hydrogen-bond donors (Lipinski definition) is 2. The monoisotopic (exact) mass is 184 g/mol. The number of benzene rings is 1. The van der Waals surface area contributed by atoms with Crippen molar-refractivity contribution in [3.8, 4) is 0 Å². The SMILES string of the molecule is CN(C)c1ccc(CNO)cc1F. The fraction of sp³-hybridized carbons (Fsp3) is 0.333. The molecule has 0 saturated heterocycles. The molecule has 2 N–H and O–H groups in total. The summed E-state index contributed by atoms with van der Waals surface area (Å²) in [6.07, 6.45) is 0. The molecule has 0 aliphatic rings. The Morgan fingerprint density at radius 2 is 2.15 bits per heavy atom. The van der Waals surface area contributed by atoms with Crippen molar-refractivity contribution in [2.75, 3.05) is 19.0 Å². The van der Waals surface area contributed by atoms with Gasteiger partial charge in [0.1, 0.15) is 5.82 Å². The summed E-state index contributed by atoms with van der Waals surface area (Å²) >= 11 is 0. The summed E-state index contributed by atoms with van der Waals surface area (Å²) in [5.74, 6) is -0.280. The molecule has 0 aliphatic heterocycles. The number of nitrogens with one attached hydrogen (secondary N) is 1. The number of hydrogen-bond acceptors (Lipinski definition) is 3. The van der Waals surface area contributed by atoms with Gasteiger partial charge in [-0.25, -0.2) is 9.87 Å². The molecule has 0 unspecified atom stereocenters. The van der Waals surface area contributed by atoms with Crippen LogP contribution in [0.3, 0.4) is 0 Å². The van der Waals surface area contributed by atoms with Crippen molar-refractivity contribution in [1.82, 2.24) is 5.48 Å². The maximum absolute atomic E-state index is 13.3. The van der Waals surface area contributed by atoms with Crippen LogP contribution in [-0.4, -0.2) is 19.3 Å². The fourth-order valence-electron chi connectivity index (χ4n) is 1.11. The van der Waals surface area contributed by atoms with Crippen LogP contribution in [0.25, 0.3) is 0 Å². The number of anilines is 1. The van der Waals surface area contributed by atoms with Crippen LogP contribution in [0.4, 0.5) is 10.1 Å². The molecule has 1 aromatic rings. The Morgan fingerprint density at radius 1 is 1.46 bits per heavy atom. The molecule has 3 nitrogen and oxygen atoms in total. The lowest BCUT2D eigenvalue weighted by molar-refractivity contribution is 0.161. The third kappa shape index (κ3) is 2.40. The van der Waals surface area contributed by atoms with Crippen molar-refractivity contribution in [3.63, 3.8) is 0 Å². The van der Waals surface area contributed by atoms with Gasteiger partial charge in [-0.05, 0) is 17.7 Å². The average molecular weight is 184 g/mol. The summed E-state index contributed by atoms with van der Waals surface area (Å²) in [5, 5.41) is 8.41. The van der Waals surface area contributed by atoms with Gasteiger partial charge in [0, 0.05) is 20.6 Å². The van der Waals surface area contributed by atoms with Crippen LogP contribution in [0.15, 0.2) is 18.2 Å². The highest BCUT2D eigenvalue weighted by atomic mass is 19.1. The highest BCUT2D eigenvalue weighted by Gasteiger charge is 2.04. The van der Waals surface area contributed by atoms with Crippen LogP contribution in [0.1, 0.15) is 5.56 Å². The van der Waals surface area contributed by atoms with E-state index in [2.05, 4.69) is 0 Å². The molecule has 0 aliphatic carbocycles. The van der Waals surface area contributed by atoms with Crippen LogP contribution in [0.5, 0.6) is 0 Å². The summed E-state index contributed by atoms with van der Waals surface area (Å²) in [7, 11) is 3.56. The molecule has 0 heterocycles. The van der Waals surface area contributed by atoms with E-state index in [4.69, 9.17) is 5.21 Å². The zero-order valence-corrected chi connectivity index (χ0v) is 7.71. The third-order valence-corrected chi connectivity index (χ3v) is 1.78. The van der Waals surface area contributed by atoms with Gasteiger partial charge in [0.25, 0.3) is 0 Å². The predicted octanol–water partition coefficient (Wildman–Crippen LogP) is 1.37. The summed E-state index contributed by atoms with van der Waals surface area (Å²) in [6, 6.07) is 4.85. The first kappa shape index (κ1) is 9.95. The van der Waals surface area contributed by atoms with Crippen LogP contribution in [-0.2, 0) is 6.54 Å². The van der Waals surface area contributed by atoms with Crippen molar-refractivity contribution in [2.24, 2.45) is 0 Å². The molecule has 0 atom stereocenters. The van der Waals surface area contributed by atoms with Gasteiger partial charge in [-0.15, -0.1) is 0 Å². The minimum absolute atomic E-state index is 0.255. The number of nitrogens with zero attached hydrogens (tertiary/aromatic N) is 1. The molecule has 72 valence electrons. The third-order valence-electron chi connectivity index (χ3n) is 1.78. The topological polar surface area (TPSA) is 35.5 Å². The van der Waals surface area contributed by atoms with E-state index >= 15 is 0 Å². The molecular weight excluding hydrogens is 171 g/mol. The van der Waals surface area contributed by atoms with Crippen LogP contribution >= 0.6 is 0 Å². The first-order valence-corrected chi connectivity index (χ1v) is 3.98. The Labute approximate surface area is 76.7 Å². The van der Waals surface area contributed by atoms with Crippen LogP contribution in [0, 0.1) is 5.82 Å². The lowest BCUT2D eigenvalue weighted by atomic mass is 10.2. The summed E-state index contributed by atoms with van der Waals surface area (Å²) in [6.45, 7) is 0.255. The zero-order valence-electron chi connectivity index (χ0n) is 7.71. The molecular formula is C9H13FN2O. The molecule has 0 aromatic heterocycles. The minimum Gasteiger partial charge on any atom is -0.375 e. The van der Waals surface area contributed by atoms with Gasteiger partial charge < -0.3 is 10.1 Å². The number of hydroxylamine groups is 1. The summed E-state index contributed by atoms with van der Waals surface area (Å²) in [5.41, 5.74) is 3.24. The van der Waals surface area contributed by atoms with E-state index in [0.29, 0.717) is 11.3 Å². The van der Waals surface area contributed by atoms with Crippen molar-refractivity contribution in [1.29, 1.82) is 0 Å². The molecule has 0 saturated carbocycles. The zero-order chi connectivity index (χ0) is 9.84.